The number of benzene rings is 4. The molecule has 4 aromatic carbocycles. The molecule has 1 N–H and O–H groups in total. The maximum atomic E-state index is 12.4. The van der Waals surface area contributed by atoms with E-state index in [2.05, 4.69) is 24.3 Å². The van der Waals surface area contributed by atoms with Gasteiger partial charge in [0.2, 0.25) is 0 Å². The quantitative estimate of drug-likeness (QED) is 0.138. The van der Waals surface area contributed by atoms with Crippen molar-refractivity contribution >= 4 is 24.1 Å². The summed E-state index contributed by atoms with van der Waals surface area (Å²) in [6.45, 7) is 1.96. The van der Waals surface area contributed by atoms with Crippen LogP contribution in [0.1, 0.15) is 29.2 Å². The number of fused-ring (bicyclic) bond motifs is 3. The number of aliphatic carboxylic acids is 1. The van der Waals surface area contributed by atoms with Gasteiger partial charge in [-0.15, -0.1) is 0 Å². The van der Waals surface area contributed by atoms with Gasteiger partial charge in [0.1, 0.15) is 0 Å². The molecule has 5 rings (SSSR count). The summed E-state index contributed by atoms with van der Waals surface area (Å²) in [5, 5.41) is 9.57. The van der Waals surface area contributed by atoms with Gasteiger partial charge < -0.3 is 5.11 Å². The Morgan fingerprint density at radius 1 is 0.763 bits per heavy atom. The van der Waals surface area contributed by atoms with E-state index in [9.17, 15) is 14.7 Å². The number of carbonyl (C=O) groups excluding carboxylic acids is 1. The Balaban J connectivity index is 1.91. The molecule has 0 heterocycles. The topological polar surface area (TPSA) is 72.8 Å². The largest absolute Gasteiger partial charge is 0.478 e. The van der Waals surface area contributed by atoms with Crippen LogP contribution in [-0.4, -0.2) is 23.7 Å². The highest BCUT2D eigenvalue weighted by atomic mass is 17.2. The molecule has 0 bridgehead atoms. The Labute approximate surface area is 221 Å². The molecule has 1 aliphatic carbocycles. The minimum atomic E-state index is -1.06. The fourth-order valence-corrected chi connectivity index (χ4v) is 5.04. The molecule has 0 fully saturated rings. The first-order chi connectivity index (χ1) is 18.6. The van der Waals surface area contributed by atoms with Gasteiger partial charge in [-0.3, -0.25) is 4.89 Å². The van der Waals surface area contributed by atoms with E-state index in [1.165, 1.54) is 11.6 Å². The van der Waals surface area contributed by atoms with Crippen molar-refractivity contribution in [2.45, 2.75) is 13.3 Å². The standard InChI is InChI=1S/C33H26O5/c1-2-37-38-30(36)20-18-26-27(17-19-29(34)35)31(22-11-5-3-6-12-22)32(23-13-7-4-8-14-23)33-25-16-10-9-15-24(25)21-28(26)33/h3-20H,2,21H2,1H3,(H,34,35). The normalized spacial score (nSPS) is 12.0. The van der Waals surface area contributed by atoms with Crippen LogP contribution < -0.4 is 0 Å². The average Bonchev–Trinajstić information content (AvgIpc) is 3.33. The number of hydrogen-bond donors (Lipinski definition) is 1. The van der Waals surface area contributed by atoms with E-state index in [0.717, 1.165) is 50.6 Å². The third kappa shape index (κ3) is 4.92. The van der Waals surface area contributed by atoms with Crippen LogP contribution in [-0.2, 0) is 25.8 Å². The fourth-order valence-electron chi connectivity index (χ4n) is 5.04. The Morgan fingerprint density at radius 2 is 1.37 bits per heavy atom. The molecule has 38 heavy (non-hydrogen) atoms. The molecule has 0 atom stereocenters. The summed E-state index contributed by atoms with van der Waals surface area (Å²) in [6.07, 6.45) is 6.43. The smallest absolute Gasteiger partial charge is 0.365 e. The third-order valence-corrected chi connectivity index (χ3v) is 6.50. The highest BCUT2D eigenvalue weighted by Gasteiger charge is 2.29. The zero-order valence-corrected chi connectivity index (χ0v) is 20.9. The summed E-state index contributed by atoms with van der Waals surface area (Å²) in [5.41, 5.74) is 9.75. The molecule has 5 nitrogen and oxygen atoms in total. The highest BCUT2D eigenvalue weighted by molar-refractivity contribution is 6.06. The summed E-state index contributed by atoms with van der Waals surface area (Å²) in [4.78, 5) is 33.7. The molecule has 0 aromatic heterocycles. The molecule has 0 saturated carbocycles. The second kappa shape index (κ2) is 11.1. The zero-order valence-electron chi connectivity index (χ0n) is 20.9. The zero-order chi connectivity index (χ0) is 26.5. The number of carbonyl (C=O) groups is 2. The summed E-state index contributed by atoms with van der Waals surface area (Å²) in [5.74, 6) is -1.70. The van der Waals surface area contributed by atoms with Crippen LogP contribution in [0.25, 0.3) is 45.5 Å². The van der Waals surface area contributed by atoms with Crippen LogP contribution in [0.4, 0.5) is 0 Å². The lowest BCUT2D eigenvalue weighted by atomic mass is 9.80. The Morgan fingerprint density at radius 3 is 2.03 bits per heavy atom. The fraction of sp³-hybridized carbons (Fsp3) is 0.0909. The average molecular weight is 503 g/mol. The first-order valence-corrected chi connectivity index (χ1v) is 12.4. The monoisotopic (exact) mass is 502 g/mol. The van der Waals surface area contributed by atoms with Crippen molar-refractivity contribution in [1.82, 2.24) is 0 Å². The number of carboxylic acid groups (broad SMARTS) is 1. The van der Waals surface area contributed by atoms with Crippen molar-refractivity contribution in [3.63, 3.8) is 0 Å². The van der Waals surface area contributed by atoms with Crippen LogP contribution in [0.15, 0.2) is 97.1 Å². The Kier molecular flexibility index (Phi) is 7.29. The lowest BCUT2D eigenvalue weighted by Crippen LogP contribution is -2.03. The van der Waals surface area contributed by atoms with Gasteiger partial charge in [0.15, 0.2) is 0 Å². The Hall–Kier alpha value is -4.74. The predicted molar refractivity (Wildman–Crippen MR) is 149 cm³/mol. The molecule has 0 amide bonds. The van der Waals surface area contributed by atoms with Gasteiger partial charge in [-0.2, -0.15) is 4.89 Å². The summed E-state index contributed by atoms with van der Waals surface area (Å²) in [7, 11) is 0. The van der Waals surface area contributed by atoms with Gasteiger partial charge in [0, 0.05) is 12.2 Å². The van der Waals surface area contributed by atoms with E-state index in [1.54, 1.807) is 19.1 Å². The van der Waals surface area contributed by atoms with Gasteiger partial charge >= 0.3 is 11.9 Å². The first kappa shape index (κ1) is 24.9. The van der Waals surface area contributed by atoms with Gasteiger partial charge in [0.25, 0.3) is 0 Å². The SMILES string of the molecule is CCOOC(=O)C=Cc1c(C=CC(=O)O)c(-c2ccccc2)c(-c2ccccc2)c2c1Cc1ccccc1-2. The molecule has 0 spiro atoms. The van der Waals surface area contributed by atoms with Crippen LogP contribution in [0.5, 0.6) is 0 Å². The minimum absolute atomic E-state index is 0.237. The second-order valence-electron chi connectivity index (χ2n) is 8.81. The molecule has 0 aliphatic heterocycles. The minimum Gasteiger partial charge on any atom is -0.478 e. The third-order valence-electron chi connectivity index (χ3n) is 6.50. The molecular weight excluding hydrogens is 476 g/mol. The molecule has 4 aromatic rings. The van der Waals surface area contributed by atoms with Crippen molar-refractivity contribution in [1.29, 1.82) is 0 Å². The van der Waals surface area contributed by atoms with E-state index >= 15 is 0 Å². The maximum Gasteiger partial charge on any atom is 0.365 e. The molecule has 188 valence electrons. The van der Waals surface area contributed by atoms with E-state index in [-0.39, 0.29) is 6.61 Å². The predicted octanol–water partition coefficient (Wildman–Crippen LogP) is 7.20. The summed E-state index contributed by atoms with van der Waals surface area (Å²) in [6, 6.07) is 28.3. The van der Waals surface area contributed by atoms with Crippen LogP contribution in [0, 0.1) is 0 Å². The lowest BCUT2D eigenvalue weighted by molar-refractivity contribution is -0.264. The molecule has 0 unspecified atom stereocenters. The Bertz CT molecular complexity index is 1550. The molecule has 1 aliphatic rings. The van der Waals surface area contributed by atoms with Crippen LogP contribution in [0.3, 0.4) is 0 Å². The van der Waals surface area contributed by atoms with Gasteiger partial charge in [0.05, 0.1) is 6.61 Å². The molecule has 0 radical (unpaired) electrons. The van der Waals surface area contributed by atoms with E-state index in [0.29, 0.717) is 12.0 Å². The molecule has 0 saturated heterocycles. The van der Waals surface area contributed by atoms with Crippen molar-refractivity contribution < 1.29 is 24.5 Å². The number of carboxylic acids is 1. The van der Waals surface area contributed by atoms with E-state index < -0.39 is 11.9 Å². The van der Waals surface area contributed by atoms with Crippen LogP contribution >= 0.6 is 0 Å². The van der Waals surface area contributed by atoms with E-state index in [1.807, 2.05) is 60.7 Å². The number of hydrogen-bond acceptors (Lipinski definition) is 4. The van der Waals surface area contributed by atoms with Crippen molar-refractivity contribution in [3.05, 3.63) is 119 Å². The summed E-state index contributed by atoms with van der Waals surface area (Å²) >= 11 is 0. The van der Waals surface area contributed by atoms with Crippen molar-refractivity contribution in [2.24, 2.45) is 0 Å². The van der Waals surface area contributed by atoms with Crippen molar-refractivity contribution in [3.8, 4) is 33.4 Å². The molecule has 5 heteroatoms. The van der Waals surface area contributed by atoms with E-state index in [4.69, 9.17) is 9.78 Å². The number of rotatable bonds is 8. The van der Waals surface area contributed by atoms with Crippen LogP contribution in [0.2, 0.25) is 0 Å². The summed E-state index contributed by atoms with van der Waals surface area (Å²) < 4.78 is 0. The maximum absolute atomic E-state index is 12.4. The highest BCUT2D eigenvalue weighted by Crippen LogP contribution is 2.51. The second-order valence-corrected chi connectivity index (χ2v) is 8.81. The van der Waals surface area contributed by atoms with Gasteiger partial charge in [-0.1, -0.05) is 84.9 Å². The van der Waals surface area contributed by atoms with Gasteiger partial charge in [-0.25, -0.2) is 9.59 Å². The lowest BCUT2D eigenvalue weighted by Gasteiger charge is -2.22. The van der Waals surface area contributed by atoms with Gasteiger partial charge in [-0.05, 0) is 81.1 Å². The van der Waals surface area contributed by atoms with Crippen molar-refractivity contribution in [2.75, 3.05) is 6.61 Å². The molecular formula is C33H26O5. The first-order valence-electron chi connectivity index (χ1n) is 12.4.